The minimum atomic E-state index is 0.675. The second-order valence-electron chi connectivity index (χ2n) is 6.30. The second kappa shape index (κ2) is 7.44. The van der Waals surface area contributed by atoms with E-state index in [1.807, 2.05) is 12.4 Å². The first kappa shape index (κ1) is 15.1. The van der Waals surface area contributed by atoms with Crippen molar-refractivity contribution >= 4 is 5.69 Å². The van der Waals surface area contributed by atoms with Crippen molar-refractivity contribution in [3.63, 3.8) is 0 Å². The lowest BCUT2D eigenvalue weighted by Gasteiger charge is -2.36. The molecule has 0 aliphatic heterocycles. The summed E-state index contributed by atoms with van der Waals surface area (Å²) in [5, 5.41) is 0. The largest absolute Gasteiger partial charge is 0.364 e. The summed E-state index contributed by atoms with van der Waals surface area (Å²) in [4.78, 5) is 6.75. The molecule has 1 aromatic heterocycles. The fraction of sp³-hybridized carbons (Fsp3) is 0.450. The van der Waals surface area contributed by atoms with Crippen molar-refractivity contribution in [1.82, 2.24) is 4.98 Å². The minimum Gasteiger partial charge on any atom is -0.364 e. The fourth-order valence-electron chi connectivity index (χ4n) is 3.43. The van der Waals surface area contributed by atoms with Crippen LogP contribution in [0, 0.1) is 0 Å². The Kier molecular flexibility index (Phi) is 5.10. The van der Waals surface area contributed by atoms with Crippen molar-refractivity contribution in [2.75, 3.05) is 4.90 Å². The van der Waals surface area contributed by atoms with Crippen molar-refractivity contribution in [2.45, 2.75) is 58.0 Å². The molecule has 1 aliphatic rings. The third-order valence-electron chi connectivity index (χ3n) is 4.79. The van der Waals surface area contributed by atoms with Gasteiger partial charge < -0.3 is 4.90 Å². The van der Waals surface area contributed by atoms with Gasteiger partial charge >= 0.3 is 0 Å². The van der Waals surface area contributed by atoms with Crippen LogP contribution in [-0.2, 0) is 13.0 Å². The SMILES string of the molecule is CCc1ccc(N(Cc2ccncc2)C2CCCCC2)cc1. The Labute approximate surface area is 134 Å². The van der Waals surface area contributed by atoms with Gasteiger partial charge in [0, 0.05) is 30.7 Å². The van der Waals surface area contributed by atoms with E-state index in [4.69, 9.17) is 0 Å². The normalized spacial score (nSPS) is 15.7. The highest BCUT2D eigenvalue weighted by Crippen LogP contribution is 2.29. The zero-order valence-corrected chi connectivity index (χ0v) is 13.5. The monoisotopic (exact) mass is 294 g/mol. The molecule has 1 aliphatic carbocycles. The molecule has 0 saturated heterocycles. The van der Waals surface area contributed by atoms with Crippen LogP contribution in [0.4, 0.5) is 5.69 Å². The quantitative estimate of drug-likeness (QED) is 0.773. The number of nitrogens with zero attached hydrogens (tertiary/aromatic N) is 2. The molecule has 0 amide bonds. The lowest BCUT2D eigenvalue weighted by molar-refractivity contribution is 0.413. The number of benzene rings is 1. The van der Waals surface area contributed by atoms with E-state index in [1.54, 1.807) is 0 Å². The highest BCUT2D eigenvalue weighted by atomic mass is 15.2. The summed E-state index contributed by atoms with van der Waals surface area (Å²) < 4.78 is 0. The van der Waals surface area contributed by atoms with Crippen LogP contribution in [0.5, 0.6) is 0 Å². The molecule has 0 unspecified atom stereocenters. The third kappa shape index (κ3) is 3.68. The number of anilines is 1. The lowest BCUT2D eigenvalue weighted by atomic mass is 9.93. The third-order valence-corrected chi connectivity index (χ3v) is 4.79. The van der Waals surface area contributed by atoms with E-state index in [9.17, 15) is 0 Å². The van der Waals surface area contributed by atoms with E-state index >= 15 is 0 Å². The molecule has 2 aromatic rings. The molecule has 3 rings (SSSR count). The van der Waals surface area contributed by atoms with Gasteiger partial charge in [0.15, 0.2) is 0 Å². The van der Waals surface area contributed by atoms with E-state index in [0.29, 0.717) is 6.04 Å². The van der Waals surface area contributed by atoms with Gasteiger partial charge in [-0.05, 0) is 54.7 Å². The Hall–Kier alpha value is -1.83. The topological polar surface area (TPSA) is 16.1 Å². The van der Waals surface area contributed by atoms with Crippen molar-refractivity contribution < 1.29 is 0 Å². The molecule has 0 bridgehead atoms. The molecular weight excluding hydrogens is 268 g/mol. The standard InChI is InChI=1S/C20H26N2/c1-2-17-8-10-20(11-9-17)22(19-6-4-3-5-7-19)16-18-12-14-21-15-13-18/h8-15,19H,2-7,16H2,1H3. The van der Waals surface area contributed by atoms with Crippen LogP contribution in [0.3, 0.4) is 0 Å². The van der Waals surface area contributed by atoms with Gasteiger partial charge in [0.1, 0.15) is 0 Å². The first-order valence-electron chi connectivity index (χ1n) is 8.61. The molecule has 1 saturated carbocycles. The van der Waals surface area contributed by atoms with E-state index in [1.165, 1.54) is 48.9 Å². The summed E-state index contributed by atoms with van der Waals surface area (Å²) in [5.41, 5.74) is 4.12. The summed E-state index contributed by atoms with van der Waals surface area (Å²) >= 11 is 0. The van der Waals surface area contributed by atoms with Crippen molar-refractivity contribution in [3.05, 3.63) is 59.9 Å². The van der Waals surface area contributed by atoms with Crippen LogP contribution in [0.25, 0.3) is 0 Å². The maximum atomic E-state index is 4.14. The van der Waals surface area contributed by atoms with Crippen LogP contribution < -0.4 is 4.90 Å². The summed E-state index contributed by atoms with van der Waals surface area (Å²) in [5.74, 6) is 0. The van der Waals surface area contributed by atoms with Gasteiger partial charge in [-0.15, -0.1) is 0 Å². The number of rotatable bonds is 5. The number of hydrogen-bond donors (Lipinski definition) is 0. The molecule has 116 valence electrons. The van der Waals surface area contributed by atoms with Crippen LogP contribution in [0.1, 0.15) is 50.2 Å². The Morgan fingerprint density at radius 1 is 0.909 bits per heavy atom. The lowest BCUT2D eigenvalue weighted by Crippen LogP contribution is -2.36. The zero-order chi connectivity index (χ0) is 15.2. The molecular formula is C20H26N2. The van der Waals surface area contributed by atoms with Crippen molar-refractivity contribution in [3.8, 4) is 0 Å². The molecule has 0 atom stereocenters. The zero-order valence-electron chi connectivity index (χ0n) is 13.5. The molecule has 1 fully saturated rings. The van der Waals surface area contributed by atoms with Crippen molar-refractivity contribution in [2.24, 2.45) is 0 Å². The highest BCUT2D eigenvalue weighted by Gasteiger charge is 2.21. The van der Waals surface area contributed by atoms with Gasteiger partial charge in [-0.3, -0.25) is 4.98 Å². The van der Waals surface area contributed by atoms with Crippen LogP contribution in [-0.4, -0.2) is 11.0 Å². The van der Waals surface area contributed by atoms with E-state index < -0.39 is 0 Å². The molecule has 22 heavy (non-hydrogen) atoms. The average Bonchev–Trinajstić information content (AvgIpc) is 2.61. The van der Waals surface area contributed by atoms with E-state index in [-0.39, 0.29) is 0 Å². The Bertz CT molecular complexity index is 556. The van der Waals surface area contributed by atoms with Gasteiger partial charge in [0.05, 0.1) is 0 Å². The number of pyridine rings is 1. The predicted molar refractivity (Wildman–Crippen MR) is 93.1 cm³/mol. The van der Waals surface area contributed by atoms with Crippen LogP contribution in [0.2, 0.25) is 0 Å². The minimum absolute atomic E-state index is 0.675. The maximum absolute atomic E-state index is 4.14. The number of aromatic nitrogens is 1. The van der Waals surface area contributed by atoms with Crippen molar-refractivity contribution in [1.29, 1.82) is 0 Å². The summed E-state index contributed by atoms with van der Waals surface area (Å²) in [6, 6.07) is 14.1. The van der Waals surface area contributed by atoms with Crippen LogP contribution in [0.15, 0.2) is 48.8 Å². The van der Waals surface area contributed by atoms with Gasteiger partial charge in [0.25, 0.3) is 0 Å². The summed E-state index contributed by atoms with van der Waals surface area (Å²) in [6.45, 7) is 3.20. The Morgan fingerprint density at radius 2 is 1.59 bits per heavy atom. The van der Waals surface area contributed by atoms with Gasteiger partial charge in [-0.25, -0.2) is 0 Å². The van der Waals surface area contributed by atoms with Gasteiger partial charge in [-0.1, -0.05) is 38.3 Å². The Morgan fingerprint density at radius 3 is 2.23 bits per heavy atom. The summed E-state index contributed by atoms with van der Waals surface area (Å²) in [7, 11) is 0. The fourth-order valence-corrected chi connectivity index (χ4v) is 3.43. The second-order valence-corrected chi connectivity index (χ2v) is 6.30. The first-order chi connectivity index (χ1) is 10.9. The molecule has 0 radical (unpaired) electrons. The van der Waals surface area contributed by atoms with Gasteiger partial charge in [0.2, 0.25) is 0 Å². The average molecular weight is 294 g/mol. The molecule has 1 aromatic carbocycles. The molecule has 0 N–H and O–H groups in total. The first-order valence-corrected chi connectivity index (χ1v) is 8.61. The molecule has 1 heterocycles. The summed E-state index contributed by atoms with van der Waals surface area (Å²) in [6.07, 6.45) is 11.7. The smallest absolute Gasteiger partial charge is 0.0433 e. The van der Waals surface area contributed by atoms with E-state index in [2.05, 4.69) is 53.2 Å². The maximum Gasteiger partial charge on any atom is 0.0433 e. The molecule has 2 nitrogen and oxygen atoms in total. The van der Waals surface area contributed by atoms with Gasteiger partial charge in [-0.2, -0.15) is 0 Å². The number of hydrogen-bond acceptors (Lipinski definition) is 2. The van der Waals surface area contributed by atoms with E-state index in [0.717, 1.165) is 13.0 Å². The number of aryl methyl sites for hydroxylation is 1. The highest BCUT2D eigenvalue weighted by molar-refractivity contribution is 5.49. The van der Waals surface area contributed by atoms with Crippen LogP contribution >= 0.6 is 0 Å². The Balaban J connectivity index is 1.83. The molecule has 0 spiro atoms. The predicted octanol–water partition coefficient (Wildman–Crippen LogP) is 4.98. The molecule has 2 heteroatoms.